The number of aryl methyl sites for hydroxylation is 1. The molecule has 0 saturated heterocycles. The van der Waals surface area contributed by atoms with Crippen molar-refractivity contribution in [1.82, 2.24) is 15.3 Å². The van der Waals surface area contributed by atoms with Crippen LogP contribution in [0.3, 0.4) is 0 Å². The zero-order chi connectivity index (χ0) is 20.1. The summed E-state index contributed by atoms with van der Waals surface area (Å²) >= 11 is 6.13. The molecular weight excluding hydrogens is 392 g/mol. The Morgan fingerprint density at radius 1 is 1.10 bits per heavy atom. The van der Waals surface area contributed by atoms with Crippen LogP contribution >= 0.6 is 11.6 Å². The number of ether oxygens (including phenoxy) is 2. The molecule has 3 aromatic rings. The molecular formula is C21H19ClN4O3. The van der Waals surface area contributed by atoms with Gasteiger partial charge in [-0.05, 0) is 30.5 Å². The van der Waals surface area contributed by atoms with Crippen LogP contribution in [0, 0.1) is 0 Å². The van der Waals surface area contributed by atoms with E-state index in [0.717, 1.165) is 12.8 Å². The second kappa shape index (κ2) is 8.79. The summed E-state index contributed by atoms with van der Waals surface area (Å²) in [7, 11) is 0. The van der Waals surface area contributed by atoms with Gasteiger partial charge < -0.3 is 20.1 Å². The van der Waals surface area contributed by atoms with Crippen molar-refractivity contribution in [2.75, 3.05) is 18.7 Å². The van der Waals surface area contributed by atoms with Gasteiger partial charge in [0.1, 0.15) is 0 Å². The molecule has 2 aromatic carbocycles. The quantitative estimate of drug-likeness (QED) is 0.573. The van der Waals surface area contributed by atoms with Gasteiger partial charge in [-0.3, -0.25) is 4.79 Å². The average molecular weight is 411 g/mol. The molecule has 7 nitrogen and oxygen atoms in total. The molecule has 0 saturated carbocycles. The second-order valence-corrected chi connectivity index (χ2v) is 6.84. The summed E-state index contributed by atoms with van der Waals surface area (Å²) in [4.78, 5) is 20.9. The van der Waals surface area contributed by atoms with E-state index in [4.69, 9.17) is 21.1 Å². The van der Waals surface area contributed by atoms with Gasteiger partial charge in [0.25, 0.3) is 5.91 Å². The van der Waals surface area contributed by atoms with E-state index in [2.05, 4.69) is 32.7 Å². The first-order valence-corrected chi connectivity index (χ1v) is 9.58. The van der Waals surface area contributed by atoms with Gasteiger partial charge in [-0.25, -0.2) is 9.97 Å². The summed E-state index contributed by atoms with van der Waals surface area (Å²) in [6, 6.07) is 15.5. The summed E-state index contributed by atoms with van der Waals surface area (Å²) in [6.45, 7) is 0.726. The average Bonchev–Trinajstić information content (AvgIpc) is 3.21. The lowest BCUT2D eigenvalue weighted by Crippen LogP contribution is -2.26. The molecule has 1 aliphatic rings. The largest absolute Gasteiger partial charge is 0.454 e. The lowest BCUT2D eigenvalue weighted by Gasteiger charge is -2.09. The predicted molar refractivity (Wildman–Crippen MR) is 110 cm³/mol. The van der Waals surface area contributed by atoms with E-state index in [1.807, 2.05) is 24.3 Å². The smallest absolute Gasteiger partial charge is 0.271 e. The Morgan fingerprint density at radius 3 is 2.79 bits per heavy atom. The van der Waals surface area contributed by atoms with Crippen molar-refractivity contribution in [3.05, 3.63) is 71.0 Å². The number of amides is 1. The highest BCUT2D eigenvalue weighted by Crippen LogP contribution is 2.34. The fourth-order valence-electron chi connectivity index (χ4n) is 2.91. The molecule has 0 bridgehead atoms. The van der Waals surface area contributed by atoms with E-state index in [1.165, 1.54) is 11.8 Å². The maximum atomic E-state index is 12.5. The van der Waals surface area contributed by atoms with Crippen molar-refractivity contribution >= 4 is 29.1 Å². The Hall–Kier alpha value is -3.32. The van der Waals surface area contributed by atoms with Gasteiger partial charge in [0.05, 0.1) is 11.2 Å². The van der Waals surface area contributed by atoms with Crippen molar-refractivity contribution < 1.29 is 14.3 Å². The van der Waals surface area contributed by atoms with Crippen molar-refractivity contribution in [1.29, 1.82) is 0 Å². The summed E-state index contributed by atoms with van der Waals surface area (Å²) in [6.07, 6.45) is 3.11. The number of carbonyl (C=O) groups is 1. The third-order valence-corrected chi connectivity index (χ3v) is 4.64. The molecule has 29 heavy (non-hydrogen) atoms. The van der Waals surface area contributed by atoms with Gasteiger partial charge in [0.15, 0.2) is 17.2 Å². The molecule has 2 heterocycles. The van der Waals surface area contributed by atoms with Crippen LogP contribution in [-0.2, 0) is 6.42 Å². The molecule has 0 fully saturated rings. The van der Waals surface area contributed by atoms with E-state index in [9.17, 15) is 4.79 Å². The minimum Gasteiger partial charge on any atom is -0.454 e. The van der Waals surface area contributed by atoms with Gasteiger partial charge in [-0.15, -0.1) is 0 Å². The van der Waals surface area contributed by atoms with E-state index in [0.29, 0.717) is 23.7 Å². The molecule has 0 aliphatic carbocycles. The van der Waals surface area contributed by atoms with Crippen molar-refractivity contribution in [2.24, 2.45) is 0 Å². The highest BCUT2D eigenvalue weighted by Gasteiger charge is 2.16. The number of aromatic nitrogens is 2. The standard InChI is InChI=1S/C21H19ClN4O3/c22-16-12-24-21(25-15-8-9-17-18(11-15)29-13-28-17)26-19(16)20(27)23-10-4-7-14-5-2-1-3-6-14/h1-3,5-6,8-9,11-12H,4,7,10,13H2,(H,23,27)(H,24,25,26). The molecule has 4 rings (SSSR count). The summed E-state index contributed by atoms with van der Waals surface area (Å²) < 4.78 is 10.6. The SMILES string of the molecule is O=C(NCCCc1ccccc1)c1nc(Nc2ccc3c(c2)OCO3)ncc1Cl. The normalized spacial score (nSPS) is 11.9. The summed E-state index contributed by atoms with van der Waals surface area (Å²) in [5, 5.41) is 6.10. The van der Waals surface area contributed by atoms with E-state index in [1.54, 1.807) is 12.1 Å². The number of fused-ring (bicyclic) bond motifs is 1. The fraction of sp³-hybridized carbons (Fsp3) is 0.190. The number of hydrogen-bond acceptors (Lipinski definition) is 6. The van der Waals surface area contributed by atoms with Crippen molar-refractivity contribution in [3.8, 4) is 11.5 Å². The van der Waals surface area contributed by atoms with Gasteiger partial charge in [0, 0.05) is 18.3 Å². The number of nitrogens with zero attached hydrogens (tertiary/aromatic N) is 2. The maximum absolute atomic E-state index is 12.5. The molecule has 0 atom stereocenters. The molecule has 1 aliphatic heterocycles. The summed E-state index contributed by atoms with van der Waals surface area (Å²) in [5.74, 6) is 1.25. The molecule has 0 unspecified atom stereocenters. The maximum Gasteiger partial charge on any atom is 0.271 e. The number of anilines is 2. The number of nitrogens with one attached hydrogen (secondary N) is 2. The van der Waals surface area contributed by atoms with Crippen LogP contribution in [0.25, 0.3) is 0 Å². The monoisotopic (exact) mass is 410 g/mol. The van der Waals surface area contributed by atoms with Crippen molar-refractivity contribution in [3.63, 3.8) is 0 Å². The van der Waals surface area contributed by atoms with Crippen LogP contribution in [0.2, 0.25) is 5.02 Å². The van der Waals surface area contributed by atoms with Gasteiger partial charge in [-0.1, -0.05) is 41.9 Å². The third-order valence-electron chi connectivity index (χ3n) is 4.36. The molecule has 1 aromatic heterocycles. The van der Waals surface area contributed by atoms with E-state index < -0.39 is 0 Å². The number of carbonyl (C=O) groups excluding carboxylic acids is 1. The van der Waals surface area contributed by atoms with Crippen LogP contribution in [0.1, 0.15) is 22.5 Å². The first kappa shape index (κ1) is 19.0. The number of rotatable bonds is 7. The molecule has 0 spiro atoms. The van der Waals surface area contributed by atoms with Crippen molar-refractivity contribution in [2.45, 2.75) is 12.8 Å². The number of hydrogen-bond donors (Lipinski definition) is 2. The Kier molecular flexibility index (Phi) is 5.76. The second-order valence-electron chi connectivity index (χ2n) is 6.43. The molecule has 0 radical (unpaired) electrons. The first-order valence-electron chi connectivity index (χ1n) is 9.20. The Bertz CT molecular complexity index is 1010. The topological polar surface area (TPSA) is 85.4 Å². The third kappa shape index (κ3) is 4.75. The Balaban J connectivity index is 1.36. The van der Waals surface area contributed by atoms with Gasteiger partial charge in [-0.2, -0.15) is 0 Å². The Labute approximate surface area is 173 Å². The van der Waals surface area contributed by atoms with Gasteiger partial charge in [0.2, 0.25) is 12.7 Å². The Morgan fingerprint density at radius 2 is 1.93 bits per heavy atom. The van der Waals surface area contributed by atoms with Crippen LogP contribution in [-0.4, -0.2) is 29.2 Å². The highest BCUT2D eigenvalue weighted by atomic mass is 35.5. The highest BCUT2D eigenvalue weighted by molar-refractivity contribution is 6.33. The molecule has 8 heteroatoms. The fourth-order valence-corrected chi connectivity index (χ4v) is 3.09. The van der Waals surface area contributed by atoms with E-state index in [-0.39, 0.29) is 29.4 Å². The lowest BCUT2D eigenvalue weighted by atomic mass is 10.1. The first-order chi connectivity index (χ1) is 14.2. The number of benzene rings is 2. The molecule has 1 amide bonds. The predicted octanol–water partition coefficient (Wildman–Crippen LogP) is 3.96. The van der Waals surface area contributed by atoms with Crippen LogP contribution in [0.15, 0.2) is 54.7 Å². The van der Waals surface area contributed by atoms with Crippen LogP contribution in [0.5, 0.6) is 11.5 Å². The van der Waals surface area contributed by atoms with Crippen LogP contribution in [0.4, 0.5) is 11.6 Å². The van der Waals surface area contributed by atoms with Crippen LogP contribution < -0.4 is 20.1 Å². The molecule has 148 valence electrons. The van der Waals surface area contributed by atoms with E-state index >= 15 is 0 Å². The zero-order valence-electron chi connectivity index (χ0n) is 15.5. The zero-order valence-corrected chi connectivity index (χ0v) is 16.3. The van der Waals surface area contributed by atoms with Gasteiger partial charge >= 0.3 is 0 Å². The minimum absolute atomic E-state index is 0.129. The summed E-state index contributed by atoms with van der Waals surface area (Å²) in [5.41, 5.74) is 2.08. The molecule has 2 N–H and O–H groups in total. The number of halogens is 1. The lowest BCUT2D eigenvalue weighted by molar-refractivity contribution is 0.0948. The minimum atomic E-state index is -0.334.